The predicted octanol–water partition coefficient (Wildman–Crippen LogP) is 3.36. The molecule has 0 bridgehead atoms. The van der Waals surface area contributed by atoms with E-state index < -0.39 is 0 Å². The van der Waals surface area contributed by atoms with Crippen LogP contribution in [0.3, 0.4) is 0 Å². The summed E-state index contributed by atoms with van der Waals surface area (Å²) in [6.07, 6.45) is 5.06. The second kappa shape index (κ2) is 6.49. The maximum Gasteiger partial charge on any atom is 0.279 e. The lowest BCUT2D eigenvalue weighted by atomic mass is 10.1. The molecule has 0 N–H and O–H groups in total. The zero-order valence-corrected chi connectivity index (χ0v) is 13.3. The Hall–Kier alpha value is -3.60. The summed E-state index contributed by atoms with van der Waals surface area (Å²) in [5.41, 5.74) is 3.12. The first-order valence-electron chi connectivity index (χ1n) is 7.84. The topological polar surface area (TPSA) is 60.7 Å². The molecule has 0 aliphatic heterocycles. The number of aromatic nitrogens is 4. The van der Waals surface area contributed by atoms with Gasteiger partial charge in [0.05, 0.1) is 16.9 Å². The molecule has 0 spiro atoms. The normalized spacial score (nSPS) is 10.6. The maximum absolute atomic E-state index is 13.0. The van der Waals surface area contributed by atoms with Crippen LogP contribution in [0.2, 0.25) is 0 Å². The van der Waals surface area contributed by atoms with Crippen molar-refractivity contribution in [2.75, 3.05) is 0 Å². The third kappa shape index (κ3) is 2.95. The fraction of sp³-hybridized carbons (Fsp3) is 0. The van der Waals surface area contributed by atoms with Gasteiger partial charge in [-0.05, 0) is 36.4 Å². The van der Waals surface area contributed by atoms with Crippen LogP contribution in [-0.4, -0.2) is 19.7 Å². The SMILES string of the molecule is O=c1c(-c2cccnc2)cc(-c2ccccn2)nn1-c1ccccc1. The molecule has 25 heavy (non-hydrogen) atoms. The lowest BCUT2D eigenvalue weighted by Gasteiger charge is -2.10. The Balaban J connectivity index is 2.00. The minimum Gasteiger partial charge on any atom is -0.267 e. The number of rotatable bonds is 3. The molecule has 0 saturated carbocycles. The van der Waals surface area contributed by atoms with Gasteiger partial charge in [0.15, 0.2) is 0 Å². The van der Waals surface area contributed by atoms with Crippen molar-refractivity contribution in [2.24, 2.45) is 0 Å². The Morgan fingerprint density at radius 3 is 2.36 bits per heavy atom. The number of pyridine rings is 2. The number of hydrogen-bond donors (Lipinski definition) is 0. The first-order valence-corrected chi connectivity index (χ1v) is 7.84. The first kappa shape index (κ1) is 15.0. The predicted molar refractivity (Wildman–Crippen MR) is 96.3 cm³/mol. The van der Waals surface area contributed by atoms with Crippen LogP contribution in [0.25, 0.3) is 28.2 Å². The van der Waals surface area contributed by atoms with Gasteiger partial charge in [-0.25, -0.2) is 0 Å². The van der Waals surface area contributed by atoms with Crippen LogP contribution in [-0.2, 0) is 0 Å². The second-order valence-corrected chi connectivity index (χ2v) is 5.45. The van der Waals surface area contributed by atoms with Gasteiger partial charge < -0.3 is 0 Å². The van der Waals surface area contributed by atoms with E-state index in [9.17, 15) is 4.79 Å². The number of benzene rings is 1. The van der Waals surface area contributed by atoms with Gasteiger partial charge in [-0.15, -0.1) is 0 Å². The van der Waals surface area contributed by atoms with Crippen molar-refractivity contribution < 1.29 is 0 Å². The lowest BCUT2D eigenvalue weighted by molar-refractivity contribution is 0.813. The number of nitrogens with zero attached hydrogens (tertiary/aromatic N) is 4. The van der Waals surface area contributed by atoms with Gasteiger partial charge in [0.25, 0.3) is 5.56 Å². The molecule has 0 fully saturated rings. The van der Waals surface area contributed by atoms with E-state index >= 15 is 0 Å². The zero-order valence-electron chi connectivity index (χ0n) is 13.3. The zero-order chi connectivity index (χ0) is 17.1. The van der Waals surface area contributed by atoms with Crippen molar-refractivity contribution >= 4 is 0 Å². The molecule has 3 aromatic heterocycles. The number of para-hydroxylation sites is 1. The van der Waals surface area contributed by atoms with Gasteiger partial charge in [-0.3, -0.25) is 14.8 Å². The third-order valence-corrected chi connectivity index (χ3v) is 3.81. The van der Waals surface area contributed by atoms with Crippen molar-refractivity contribution in [2.45, 2.75) is 0 Å². The van der Waals surface area contributed by atoms with E-state index in [0.29, 0.717) is 22.6 Å². The van der Waals surface area contributed by atoms with Crippen LogP contribution in [0.15, 0.2) is 90.1 Å². The minimum absolute atomic E-state index is 0.195. The highest BCUT2D eigenvalue weighted by Crippen LogP contribution is 2.20. The Morgan fingerprint density at radius 1 is 0.800 bits per heavy atom. The van der Waals surface area contributed by atoms with Crippen molar-refractivity contribution in [3.63, 3.8) is 0 Å². The summed E-state index contributed by atoms with van der Waals surface area (Å²) in [6.45, 7) is 0. The lowest BCUT2D eigenvalue weighted by Crippen LogP contribution is -2.23. The first-order chi connectivity index (χ1) is 12.3. The standard InChI is InChI=1S/C20H14N4O/c25-20-17(15-7-6-11-21-14-15)13-19(18-10-4-5-12-22-18)23-24(20)16-8-2-1-3-9-16/h1-14H. The molecule has 5 heteroatoms. The molecule has 0 amide bonds. The van der Waals surface area contributed by atoms with Gasteiger partial charge >= 0.3 is 0 Å². The van der Waals surface area contributed by atoms with Crippen LogP contribution < -0.4 is 5.56 Å². The van der Waals surface area contributed by atoms with E-state index in [1.54, 1.807) is 24.7 Å². The van der Waals surface area contributed by atoms with Crippen molar-refractivity contribution in [3.05, 3.63) is 95.7 Å². The van der Waals surface area contributed by atoms with Gasteiger partial charge in [-0.2, -0.15) is 9.78 Å². The molecule has 120 valence electrons. The van der Waals surface area contributed by atoms with Crippen molar-refractivity contribution in [1.29, 1.82) is 0 Å². The molecule has 0 aliphatic carbocycles. The average Bonchev–Trinajstić information content (AvgIpc) is 2.70. The summed E-state index contributed by atoms with van der Waals surface area (Å²) < 4.78 is 1.41. The second-order valence-electron chi connectivity index (χ2n) is 5.45. The van der Waals surface area contributed by atoms with E-state index in [0.717, 1.165) is 5.56 Å². The Morgan fingerprint density at radius 2 is 1.64 bits per heavy atom. The molecule has 3 heterocycles. The van der Waals surface area contributed by atoms with E-state index in [1.165, 1.54) is 4.68 Å². The van der Waals surface area contributed by atoms with Crippen LogP contribution >= 0.6 is 0 Å². The Kier molecular flexibility index (Phi) is 3.88. The summed E-state index contributed by atoms with van der Waals surface area (Å²) in [4.78, 5) is 21.5. The van der Waals surface area contributed by atoms with Crippen molar-refractivity contribution in [1.82, 2.24) is 19.7 Å². The van der Waals surface area contributed by atoms with Crippen LogP contribution in [0.5, 0.6) is 0 Å². The van der Waals surface area contributed by atoms with Crippen LogP contribution in [0.1, 0.15) is 0 Å². The fourth-order valence-corrected chi connectivity index (χ4v) is 2.61. The third-order valence-electron chi connectivity index (χ3n) is 3.81. The molecular weight excluding hydrogens is 312 g/mol. The number of hydrogen-bond acceptors (Lipinski definition) is 4. The van der Waals surface area contributed by atoms with Crippen LogP contribution in [0.4, 0.5) is 0 Å². The fourth-order valence-electron chi connectivity index (χ4n) is 2.61. The molecule has 0 saturated heterocycles. The summed E-state index contributed by atoms with van der Waals surface area (Å²) in [6, 6.07) is 20.4. The molecule has 0 radical (unpaired) electrons. The smallest absolute Gasteiger partial charge is 0.267 e. The monoisotopic (exact) mass is 326 g/mol. The van der Waals surface area contributed by atoms with E-state index in [2.05, 4.69) is 15.1 Å². The highest BCUT2D eigenvalue weighted by Gasteiger charge is 2.13. The van der Waals surface area contributed by atoms with Gasteiger partial charge in [-0.1, -0.05) is 30.3 Å². The molecule has 5 nitrogen and oxygen atoms in total. The van der Waals surface area contributed by atoms with Gasteiger partial charge in [0, 0.05) is 24.2 Å². The summed E-state index contributed by atoms with van der Waals surface area (Å²) >= 11 is 0. The van der Waals surface area contributed by atoms with Crippen molar-refractivity contribution in [3.8, 4) is 28.2 Å². The highest BCUT2D eigenvalue weighted by atomic mass is 16.1. The highest BCUT2D eigenvalue weighted by molar-refractivity contribution is 5.67. The molecular formula is C20H14N4O. The minimum atomic E-state index is -0.195. The van der Waals surface area contributed by atoms with E-state index in [4.69, 9.17) is 0 Å². The summed E-state index contributed by atoms with van der Waals surface area (Å²) in [5.74, 6) is 0. The van der Waals surface area contributed by atoms with Gasteiger partial charge in [0.1, 0.15) is 5.69 Å². The maximum atomic E-state index is 13.0. The molecule has 4 aromatic rings. The summed E-state index contributed by atoms with van der Waals surface area (Å²) in [5, 5.41) is 4.52. The Labute approximate surface area is 144 Å². The molecule has 0 unspecified atom stereocenters. The molecule has 4 rings (SSSR count). The molecule has 0 aliphatic rings. The van der Waals surface area contributed by atoms with Gasteiger partial charge in [0.2, 0.25) is 0 Å². The van der Waals surface area contributed by atoms with E-state index in [1.807, 2.05) is 60.7 Å². The average molecular weight is 326 g/mol. The molecule has 0 atom stereocenters. The quantitative estimate of drug-likeness (QED) is 0.579. The van der Waals surface area contributed by atoms with E-state index in [-0.39, 0.29) is 5.56 Å². The summed E-state index contributed by atoms with van der Waals surface area (Å²) in [7, 11) is 0. The van der Waals surface area contributed by atoms with Crippen LogP contribution in [0, 0.1) is 0 Å². The largest absolute Gasteiger partial charge is 0.279 e. The Bertz CT molecular complexity index is 982. The molecule has 1 aromatic carbocycles.